The van der Waals surface area contributed by atoms with E-state index >= 15 is 0 Å². The number of aromatic nitrogens is 1. The van der Waals surface area contributed by atoms with Crippen LogP contribution in [0.25, 0.3) is 10.9 Å². The van der Waals surface area contributed by atoms with Gasteiger partial charge in [-0.2, -0.15) is 5.26 Å². The summed E-state index contributed by atoms with van der Waals surface area (Å²) >= 11 is 3.58. The van der Waals surface area contributed by atoms with Crippen LogP contribution in [0.1, 0.15) is 35.6 Å². The first-order chi connectivity index (χ1) is 9.69. The van der Waals surface area contributed by atoms with E-state index < -0.39 is 0 Å². The van der Waals surface area contributed by atoms with Crippen LogP contribution in [-0.2, 0) is 0 Å². The lowest BCUT2D eigenvalue weighted by Crippen LogP contribution is -2.27. The minimum Gasteiger partial charge on any atom is -0.317 e. The topological polar surface area (TPSA) is 48.7 Å². The van der Waals surface area contributed by atoms with E-state index in [1.54, 1.807) is 0 Å². The van der Waals surface area contributed by atoms with Gasteiger partial charge < -0.3 is 5.32 Å². The third-order valence-corrected chi connectivity index (χ3v) is 4.51. The highest BCUT2D eigenvalue weighted by atomic mass is 79.9. The lowest BCUT2D eigenvalue weighted by atomic mass is 9.92. The number of nitrogens with one attached hydrogen (secondary N) is 1. The van der Waals surface area contributed by atoms with E-state index in [9.17, 15) is 5.26 Å². The molecule has 3 rings (SSSR count). The van der Waals surface area contributed by atoms with Crippen LogP contribution in [-0.4, -0.2) is 18.1 Å². The SMILES string of the molecule is Cc1cc(Br)c2nc(C3CCNCC3)cc(C#N)c2c1. The molecule has 0 saturated carbocycles. The van der Waals surface area contributed by atoms with Gasteiger partial charge in [0.25, 0.3) is 0 Å². The quantitative estimate of drug-likeness (QED) is 0.868. The van der Waals surface area contributed by atoms with E-state index in [-0.39, 0.29) is 0 Å². The summed E-state index contributed by atoms with van der Waals surface area (Å²) < 4.78 is 0.972. The molecule has 1 aromatic carbocycles. The van der Waals surface area contributed by atoms with Crippen molar-refractivity contribution in [3.63, 3.8) is 0 Å². The number of nitrogens with zero attached hydrogens (tertiary/aromatic N) is 2. The molecular formula is C16H16BrN3. The van der Waals surface area contributed by atoms with Gasteiger partial charge in [0.1, 0.15) is 0 Å². The molecule has 20 heavy (non-hydrogen) atoms. The van der Waals surface area contributed by atoms with Gasteiger partial charge in [0, 0.05) is 21.5 Å². The molecule has 0 radical (unpaired) electrons. The van der Waals surface area contributed by atoms with Crippen LogP contribution < -0.4 is 5.32 Å². The number of pyridine rings is 1. The van der Waals surface area contributed by atoms with Crippen molar-refractivity contribution in [3.8, 4) is 6.07 Å². The molecule has 1 aromatic heterocycles. The van der Waals surface area contributed by atoms with Crippen LogP contribution in [0.4, 0.5) is 0 Å². The highest BCUT2D eigenvalue weighted by Crippen LogP contribution is 2.31. The summed E-state index contributed by atoms with van der Waals surface area (Å²) in [6, 6.07) is 8.40. The Bertz CT molecular complexity index is 697. The molecule has 0 atom stereocenters. The first kappa shape index (κ1) is 13.5. The maximum atomic E-state index is 9.43. The van der Waals surface area contributed by atoms with Crippen molar-refractivity contribution in [2.45, 2.75) is 25.7 Å². The van der Waals surface area contributed by atoms with Gasteiger partial charge in [-0.15, -0.1) is 0 Å². The summed E-state index contributed by atoms with van der Waals surface area (Å²) in [6.07, 6.45) is 2.18. The molecule has 0 amide bonds. The van der Waals surface area contributed by atoms with Crippen molar-refractivity contribution in [2.75, 3.05) is 13.1 Å². The molecule has 102 valence electrons. The maximum Gasteiger partial charge on any atom is 0.0999 e. The van der Waals surface area contributed by atoms with Crippen LogP contribution in [0.5, 0.6) is 0 Å². The number of fused-ring (bicyclic) bond motifs is 1. The second-order valence-corrected chi connectivity index (χ2v) is 6.23. The third kappa shape index (κ3) is 2.44. The second kappa shape index (κ2) is 5.51. The van der Waals surface area contributed by atoms with Crippen LogP contribution in [0.3, 0.4) is 0 Å². The average molecular weight is 330 g/mol. The first-order valence-corrected chi connectivity index (χ1v) is 7.70. The van der Waals surface area contributed by atoms with E-state index in [0.717, 1.165) is 58.1 Å². The van der Waals surface area contributed by atoms with Crippen LogP contribution in [0.2, 0.25) is 0 Å². The molecule has 0 aliphatic carbocycles. The molecule has 2 aromatic rings. The largest absolute Gasteiger partial charge is 0.317 e. The van der Waals surface area contributed by atoms with Gasteiger partial charge in [-0.3, -0.25) is 4.98 Å². The molecule has 4 heteroatoms. The van der Waals surface area contributed by atoms with Gasteiger partial charge in [-0.1, -0.05) is 0 Å². The first-order valence-electron chi connectivity index (χ1n) is 6.90. The van der Waals surface area contributed by atoms with Crippen molar-refractivity contribution < 1.29 is 0 Å². The summed E-state index contributed by atoms with van der Waals surface area (Å²) in [5, 5.41) is 13.7. The Morgan fingerprint density at radius 3 is 2.75 bits per heavy atom. The van der Waals surface area contributed by atoms with E-state index in [2.05, 4.69) is 33.4 Å². The molecule has 0 unspecified atom stereocenters. The number of rotatable bonds is 1. The minimum absolute atomic E-state index is 0.459. The molecule has 2 heterocycles. The molecule has 1 N–H and O–H groups in total. The molecule has 3 nitrogen and oxygen atoms in total. The Morgan fingerprint density at radius 2 is 2.05 bits per heavy atom. The normalized spacial score (nSPS) is 16.2. The Kier molecular flexibility index (Phi) is 3.73. The van der Waals surface area contributed by atoms with Gasteiger partial charge in [0.2, 0.25) is 0 Å². The van der Waals surface area contributed by atoms with Gasteiger partial charge in [0.15, 0.2) is 0 Å². The van der Waals surface area contributed by atoms with E-state index in [0.29, 0.717) is 5.92 Å². The smallest absolute Gasteiger partial charge is 0.0999 e. The number of benzene rings is 1. The molecule has 1 saturated heterocycles. The summed E-state index contributed by atoms with van der Waals surface area (Å²) in [6.45, 7) is 4.09. The molecule has 0 bridgehead atoms. The molecule has 1 aliphatic heterocycles. The van der Waals surface area contributed by atoms with Gasteiger partial charge in [-0.05, 0) is 72.5 Å². The molecule has 0 spiro atoms. The number of hydrogen-bond acceptors (Lipinski definition) is 3. The van der Waals surface area contributed by atoms with Crippen LogP contribution >= 0.6 is 15.9 Å². The fourth-order valence-electron chi connectivity index (χ4n) is 2.86. The van der Waals surface area contributed by atoms with Crippen molar-refractivity contribution >= 4 is 26.8 Å². The van der Waals surface area contributed by atoms with Gasteiger partial charge in [0.05, 0.1) is 17.1 Å². The minimum atomic E-state index is 0.459. The van der Waals surface area contributed by atoms with Crippen molar-refractivity contribution in [1.82, 2.24) is 10.3 Å². The summed E-state index contributed by atoms with van der Waals surface area (Å²) in [7, 11) is 0. The summed E-state index contributed by atoms with van der Waals surface area (Å²) in [5.41, 5.74) is 3.83. The van der Waals surface area contributed by atoms with Gasteiger partial charge in [-0.25, -0.2) is 0 Å². The fourth-order valence-corrected chi connectivity index (χ4v) is 3.52. The van der Waals surface area contributed by atoms with Crippen molar-refractivity contribution in [1.29, 1.82) is 5.26 Å². The predicted molar refractivity (Wildman–Crippen MR) is 83.7 cm³/mol. The van der Waals surface area contributed by atoms with E-state index in [1.165, 1.54) is 0 Å². The Morgan fingerprint density at radius 1 is 1.30 bits per heavy atom. The fraction of sp³-hybridized carbons (Fsp3) is 0.375. The van der Waals surface area contributed by atoms with Crippen molar-refractivity contribution in [3.05, 3.63) is 39.5 Å². The molecule has 1 aliphatic rings. The third-order valence-electron chi connectivity index (χ3n) is 3.91. The second-order valence-electron chi connectivity index (χ2n) is 5.37. The Balaban J connectivity index is 2.18. The standard InChI is InChI=1S/C16H16BrN3/c1-10-6-13-12(9-18)8-15(11-2-4-19-5-3-11)20-16(13)14(17)7-10/h6-8,11,19H,2-5H2,1H3. The summed E-state index contributed by atoms with van der Waals surface area (Å²) in [5.74, 6) is 0.459. The number of aryl methyl sites for hydroxylation is 1. The highest BCUT2D eigenvalue weighted by molar-refractivity contribution is 9.10. The van der Waals surface area contributed by atoms with E-state index in [1.807, 2.05) is 19.1 Å². The number of halogens is 1. The average Bonchev–Trinajstić information content (AvgIpc) is 2.47. The van der Waals surface area contributed by atoms with E-state index in [4.69, 9.17) is 4.98 Å². The van der Waals surface area contributed by atoms with Gasteiger partial charge >= 0.3 is 0 Å². The zero-order valence-corrected chi connectivity index (χ0v) is 13.0. The maximum absolute atomic E-state index is 9.43. The lowest BCUT2D eigenvalue weighted by molar-refractivity contribution is 0.454. The number of piperidine rings is 1. The number of nitriles is 1. The predicted octanol–water partition coefficient (Wildman–Crippen LogP) is 3.64. The monoisotopic (exact) mass is 329 g/mol. The Hall–Kier alpha value is -1.44. The Labute approximate surface area is 127 Å². The van der Waals surface area contributed by atoms with Crippen LogP contribution in [0.15, 0.2) is 22.7 Å². The lowest BCUT2D eigenvalue weighted by Gasteiger charge is -2.22. The summed E-state index contributed by atoms with van der Waals surface area (Å²) in [4.78, 5) is 4.82. The number of hydrogen-bond donors (Lipinski definition) is 1. The zero-order chi connectivity index (χ0) is 14.1. The molecule has 1 fully saturated rings. The van der Waals surface area contributed by atoms with Crippen molar-refractivity contribution in [2.24, 2.45) is 0 Å². The molecular weight excluding hydrogens is 314 g/mol. The zero-order valence-electron chi connectivity index (χ0n) is 11.4. The van der Waals surface area contributed by atoms with Crippen LogP contribution in [0, 0.1) is 18.3 Å². The highest BCUT2D eigenvalue weighted by Gasteiger charge is 2.19.